The van der Waals surface area contributed by atoms with Crippen LogP contribution in [0.4, 0.5) is 5.69 Å². The number of carbonyl (C=O) groups excluding carboxylic acids is 1. The number of carbonyl (C=O) groups is 1. The fourth-order valence-electron chi connectivity index (χ4n) is 1.62. The highest BCUT2D eigenvalue weighted by molar-refractivity contribution is 8.00. The summed E-state index contributed by atoms with van der Waals surface area (Å²) in [4.78, 5) is 12.2. The molecule has 1 aromatic heterocycles. The highest BCUT2D eigenvalue weighted by atomic mass is 32.2. The van der Waals surface area contributed by atoms with Crippen LogP contribution < -0.4 is 5.32 Å². The van der Waals surface area contributed by atoms with Crippen LogP contribution in [-0.4, -0.2) is 21.4 Å². The van der Waals surface area contributed by atoms with Crippen molar-refractivity contribution in [2.45, 2.75) is 37.2 Å². The maximum absolute atomic E-state index is 12.2. The second-order valence-electron chi connectivity index (χ2n) is 5.00. The summed E-state index contributed by atoms with van der Waals surface area (Å²) in [5.41, 5.74) is 1.08. The van der Waals surface area contributed by atoms with E-state index < -0.39 is 5.25 Å². The monoisotopic (exact) mass is 316 g/mol. The predicted octanol–water partition coefficient (Wildman–Crippen LogP) is 3.18. The van der Waals surface area contributed by atoms with E-state index in [0.717, 1.165) is 0 Å². The van der Waals surface area contributed by atoms with Crippen molar-refractivity contribution in [3.05, 3.63) is 35.7 Å². The molecule has 0 radical (unpaired) electrons. The van der Waals surface area contributed by atoms with Gasteiger partial charge < -0.3 is 9.73 Å². The van der Waals surface area contributed by atoms with Crippen molar-refractivity contribution in [3.63, 3.8) is 0 Å². The number of hydrogen-bond acceptors (Lipinski definition) is 6. The van der Waals surface area contributed by atoms with Crippen molar-refractivity contribution in [2.75, 3.05) is 5.32 Å². The Hall–Kier alpha value is -2.33. The van der Waals surface area contributed by atoms with E-state index >= 15 is 0 Å². The molecule has 0 bridgehead atoms. The first-order valence-corrected chi connectivity index (χ1v) is 7.68. The van der Waals surface area contributed by atoms with E-state index in [1.807, 2.05) is 19.9 Å². The summed E-state index contributed by atoms with van der Waals surface area (Å²) >= 11 is 1.20. The average Bonchev–Trinajstić information content (AvgIpc) is 2.96. The van der Waals surface area contributed by atoms with E-state index in [0.29, 0.717) is 22.4 Å². The fourth-order valence-corrected chi connectivity index (χ4v) is 2.31. The van der Waals surface area contributed by atoms with E-state index in [1.165, 1.54) is 11.8 Å². The van der Waals surface area contributed by atoms with Crippen LogP contribution >= 0.6 is 11.8 Å². The zero-order valence-corrected chi connectivity index (χ0v) is 13.3. The molecule has 1 heterocycles. The lowest BCUT2D eigenvalue weighted by molar-refractivity contribution is -0.115. The number of nitrogens with one attached hydrogen (secondary N) is 1. The first kappa shape index (κ1) is 16.0. The SMILES string of the molecule is CC(C)c1nnc(S[C@H](C)C(=O)Nc2cccc(C#N)c2)o1. The Morgan fingerprint density at radius 3 is 2.77 bits per heavy atom. The Balaban J connectivity index is 1.98. The fraction of sp³-hybridized carbons (Fsp3) is 0.333. The van der Waals surface area contributed by atoms with Crippen molar-refractivity contribution in [2.24, 2.45) is 0 Å². The smallest absolute Gasteiger partial charge is 0.277 e. The maximum Gasteiger partial charge on any atom is 0.277 e. The van der Waals surface area contributed by atoms with Crippen LogP contribution in [0.25, 0.3) is 0 Å². The van der Waals surface area contributed by atoms with Gasteiger partial charge in [0.05, 0.1) is 16.9 Å². The number of aromatic nitrogens is 2. The van der Waals surface area contributed by atoms with E-state index in [9.17, 15) is 4.79 Å². The number of amides is 1. The van der Waals surface area contributed by atoms with E-state index in [4.69, 9.17) is 9.68 Å². The molecule has 2 aromatic rings. The summed E-state index contributed by atoms with van der Waals surface area (Å²) in [6.07, 6.45) is 0. The third-order valence-corrected chi connectivity index (χ3v) is 3.76. The van der Waals surface area contributed by atoms with Gasteiger partial charge in [0.2, 0.25) is 11.8 Å². The lowest BCUT2D eigenvalue weighted by atomic mass is 10.2. The molecule has 22 heavy (non-hydrogen) atoms. The molecule has 0 aliphatic carbocycles. The molecule has 0 saturated carbocycles. The molecule has 1 aromatic carbocycles. The minimum absolute atomic E-state index is 0.153. The van der Waals surface area contributed by atoms with Gasteiger partial charge in [-0.2, -0.15) is 5.26 Å². The molecule has 7 heteroatoms. The Labute approximate surface area is 132 Å². The summed E-state index contributed by atoms with van der Waals surface area (Å²) in [6, 6.07) is 8.79. The van der Waals surface area contributed by atoms with Gasteiger partial charge in [0, 0.05) is 11.6 Å². The Morgan fingerprint density at radius 1 is 1.36 bits per heavy atom. The van der Waals surface area contributed by atoms with Gasteiger partial charge in [-0.1, -0.05) is 31.7 Å². The van der Waals surface area contributed by atoms with Crippen molar-refractivity contribution in [1.29, 1.82) is 5.26 Å². The van der Waals surface area contributed by atoms with Gasteiger partial charge in [-0.25, -0.2) is 0 Å². The van der Waals surface area contributed by atoms with Crippen LogP contribution in [0.1, 0.15) is 38.1 Å². The number of benzene rings is 1. The molecule has 1 amide bonds. The molecule has 114 valence electrons. The summed E-state index contributed by atoms with van der Waals surface area (Å²) in [7, 11) is 0. The standard InChI is InChI=1S/C15H16N4O2S/c1-9(2)14-18-19-15(21-14)22-10(3)13(20)17-12-6-4-5-11(7-12)8-16/h4-7,9-10H,1-3H3,(H,17,20)/t10-/m1/s1. The van der Waals surface area contributed by atoms with Crippen molar-refractivity contribution >= 4 is 23.4 Å². The first-order chi connectivity index (χ1) is 10.5. The second kappa shape index (κ2) is 7.09. The number of nitriles is 1. The molecule has 0 aliphatic heterocycles. The van der Waals surface area contributed by atoms with E-state index in [-0.39, 0.29) is 11.8 Å². The van der Waals surface area contributed by atoms with Gasteiger partial charge in [-0.15, -0.1) is 10.2 Å². The molecule has 1 atom stereocenters. The largest absolute Gasteiger partial charge is 0.416 e. The number of nitrogens with zero attached hydrogens (tertiary/aromatic N) is 3. The molecule has 0 unspecified atom stereocenters. The highest BCUT2D eigenvalue weighted by Crippen LogP contribution is 2.25. The average molecular weight is 316 g/mol. The molecule has 1 N–H and O–H groups in total. The molecule has 0 fully saturated rings. The van der Waals surface area contributed by atoms with Gasteiger partial charge in [0.1, 0.15) is 0 Å². The Kier molecular flexibility index (Phi) is 5.17. The van der Waals surface area contributed by atoms with Gasteiger partial charge in [-0.05, 0) is 25.1 Å². The number of hydrogen-bond donors (Lipinski definition) is 1. The molecule has 0 aliphatic rings. The van der Waals surface area contributed by atoms with Crippen LogP contribution in [0.2, 0.25) is 0 Å². The van der Waals surface area contributed by atoms with Crippen molar-refractivity contribution in [3.8, 4) is 6.07 Å². The summed E-state index contributed by atoms with van der Waals surface area (Å²) in [5.74, 6) is 0.515. The normalized spacial score (nSPS) is 12.0. The highest BCUT2D eigenvalue weighted by Gasteiger charge is 2.19. The van der Waals surface area contributed by atoms with E-state index in [2.05, 4.69) is 15.5 Å². The van der Waals surface area contributed by atoms with Crippen molar-refractivity contribution in [1.82, 2.24) is 10.2 Å². The van der Waals surface area contributed by atoms with Gasteiger partial charge >= 0.3 is 0 Å². The third kappa shape index (κ3) is 4.09. The van der Waals surface area contributed by atoms with Crippen LogP contribution in [-0.2, 0) is 4.79 Å². The molecular weight excluding hydrogens is 300 g/mol. The zero-order chi connectivity index (χ0) is 16.1. The van der Waals surface area contributed by atoms with Crippen LogP contribution in [0.3, 0.4) is 0 Å². The molecule has 0 spiro atoms. The predicted molar refractivity (Wildman–Crippen MR) is 83.5 cm³/mol. The minimum atomic E-state index is -0.397. The Morgan fingerprint density at radius 2 is 2.14 bits per heavy atom. The minimum Gasteiger partial charge on any atom is -0.416 e. The van der Waals surface area contributed by atoms with Crippen molar-refractivity contribution < 1.29 is 9.21 Å². The maximum atomic E-state index is 12.2. The first-order valence-electron chi connectivity index (χ1n) is 6.80. The second-order valence-corrected chi connectivity index (χ2v) is 6.29. The summed E-state index contributed by atoms with van der Waals surface area (Å²) in [6.45, 7) is 5.67. The van der Waals surface area contributed by atoms with Crippen LogP contribution in [0.5, 0.6) is 0 Å². The summed E-state index contributed by atoms with van der Waals surface area (Å²) < 4.78 is 5.47. The lowest BCUT2D eigenvalue weighted by Crippen LogP contribution is -2.22. The molecule has 6 nitrogen and oxygen atoms in total. The quantitative estimate of drug-likeness (QED) is 0.852. The molecule has 2 rings (SSSR count). The van der Waals surface area contributed by atoms with E-state index in [1.54, 1.807) is 31.2 Å². The van der Waals surface area contributed by atoms with Gasteiger partial charge in [-0.3, -0.25) is 4.79 Å². The molecular formula is C15H16N4O2S. The lowest BCUT2D eigenvalue weighted by Gasteiger charge is -2.10. The number of rotatable bonds is 5. The van der Waals surface area contributed by atoms with Gasteiger partial charge in [0.25, 0.3) is 5.22 Å². The van der Waals surface area contributed by atoms with Crippen LogP contribution in [0.15, 0.2) is 33.9 Å². The summed E-state index contributed by atoms with van der Waals surface area (Å²) in [5, 5.41) is 19.4. The topological polar surface area (TPSA) is 91.8 Å². The molecule has 0 saturated heterocycles. The number of thioether (sulfide) groups is 1. The number of anilines is 1. The zero-order valence-electron chi connectivity index (χ0n) is 12.5. The van der Waals surface area contributed by atoms with Crippen LogP contribution in [0, 0.1) is 11.3 Å². The van der Waals surface area contributed by atoms with Gasteiger partial charge in [0.15, 0.2) is 0 Å². The Bertz CT molecular complexity index is 706. The third-order valence-electron chi connectivity index (χ3n) is 2.82.